The lowest BCUT2D eigenvalue weighted by Crippen LogP contribution is -2.30. The molecule has 0 bridgehead atoms. The summed E-state index contributed by atoms with van der Waals surface area (Å²) in [6.45, 7) is 3.23. The zero-order valence-corrected chi connectivity index (χ0v) is 14.4. The van der Waals surface area contributed by atoms with Gasteiger partial charge < -0.3 is 14.8 Å². The molecule has 0 aromatic heterocycles. The number of nitrogens with one attached hydrogen (secondary N) is 1. The molecule has 2 aromatic rings. The maximum Gasteiger partial charge on any atom is 0.338 e. The van der Waals surface area contributed by atoms with Crippen molar-refractivity contribution in [2.24, 2.45) is 5.92 Å². The number of rotatable bonds is 7. The summed E-state index contributed by atoms with van der Waals surface area (Å²) < 4.78 is 11.1. The fourth-order valence-electron chi connectivity index (χ4n) is 3.01. The van der Waals surface area contributed by atoms with E-state index in [-0.39, 0.29) is 12.6 Å². The van der Waals surface area contributed by atoms with Crippen LogP contribution >= 0.6 is 0 Å². The average Bonchev–Trinajstić information content (AvgIpc) is 2.68. The molecule has 4 nitrogen and oxygen atoms in total. The highest BCUT2D eigenvalue weighted by Gasteiger charge is 2.13. The highest BCUT2D eigenvalue weighted by atomic mass is 16.5. The molecular weight excluding hydrogens is 314 g/mol. The number of hydrogen-bond donors (Lipinski definition) is 1. The summed E-state index contributed by atoms with van der Waals surface area (Å²) in [5.41, 5.74) is 1.52. The fourth-order valence-corrected chi connectivity index (χ4v) is 3.01. The Morgan fingerprint density at radius 3 is 2.60 bits per heavy atom. The predicted octanol–water partition coefficient (Wildman–Crippen LogP) is 3.81. The van der Waals surface area contributed by atoms with E-state index in [1.165, 1.54) is 12.8 Å². The monoisotopic (exact) mass is 339 g/mol. The summed E-state index contributed by atoms with van der Waals surface area (Å²) in [5, 5.41) is 3.42. The third-order valence-corrected chi connectivity index (χ3v) is 4.50. The second-order valence-electron chi connectivity index (χ2n) is 6.44. The van der Waals surface area contributed by atoms with Gasteiger partial charge in [0.25, 0.3) is 0 Å². The molecule has 0 amide bonds. The maximum absolute atomic E-state index is 12.1. The van der Waals surface area contributed by atoms with Crippen molar-refractivity contribution in [3.05, 3.63) is 65.7 Å². The molecule has 0 radical (unpaired) electrons. The Morgan fingerprint density at radius 1 is 1.08 bits per heavy atom. The van der Waals surface area contributed by atoms with Crippen LogP contribution < -0.4 is 10.1 Å². The first kappa shape index (κ1) is 17.5. The molecule has 1 aliphatic rings. The van der Waals surface area contributed by atoms with Gasteiger partial charge in [-0.2, -0.15) is 0 Å². The van der Waals surface area contributed by atoms with Crippen molar-refractivity contribution in [2.75, 3.05) is 19.7 Å². The molecule has 0 aliphatic carbocycles. The van der Waals surface area contributed by atoms with Crippen molar-refractivity contribution >= 4 is 5.97 Å². The van der Waals surface area contributed by atoms with E-state index in [2.05, 4.69) is 5.32 Å². The van der Waals surface area contributed by atoms with Crippen LogP contribution in [-0.4, -0.2) is 25.7 Å². The van der Waals surface area contributed by atoms with Crippen molar-refractivity contribution in [2.45, 2.75) is 25.9 Å². The van der Waals surface area contributed by atoms with E-state index in [0.717, 1.165) is 30.8 Å². The first-order valence-corrected chi connectivity index (χ1v) is 8.96. The summed E-state index contributed by atoms with van der Waals surface area (Å²) in [6.07, 6.45) is 3.60. The predicted molar refractivity (Wildman–Crippen MR) is 97.7 cm³/mol. The summed E-state index contributed by atoms with van der Waals surface area (Å²) >= 11 is 0. The smallest absolute Gasteiger partial charge is 0.338 e. The third-order valence-electron chi connectivity index (χ3n) is 4.50. The lowest BCUT2D eigenvalue weighted by Gasteiger charge is -2.22. The molecule has 25 heavy (non-hydrogen) atoms. The minimum atomic E-state index is -0.316. The third kappa shape index (κ3) is 5.61. The molecule has 1 N–H and O–H groups in total. The number of benzene rings is 2. The minimum absolute atomic E-state index is 0.285. The van der Waals surface area contributed by atoms with Crippen LogP contribution in [0.2, 0.25) is 0 Å². The molecule has 1 saturated heterocycles. The second-order valence-corrected chi connectivity index (χ2v) is 6.44. The van der Waals surface area contributed by atoms with Crippen LogP contribution in [0.15, 0.2) is 54.6 Å². The largest absolute Gasteiger partial charge is 0.494 e. The van der Waals surface area contributed by atoms with Crippen LogP contribution in [-0.2, 0) is 11.3 Å². The van der Waals surface area contributed by atoms with Crippen molar-refractivity contribution in [1.82, 2.24) is 5.32 Å². The number of ether oxygens (including phenoxy) is 2. The van der Waals surface area contributed by atoms with Gasteiger partial charge in [0, 0.05) is 0 Å². The number of carbonyl (C=O) groups is 1. The van der Waals surface area contributed by atoms with Crippen LogP contribution in [0, 0.1) is 5.92 Å². The quantitative estimate of drug-likeness (QED) is 0.779. The average molecular weight is 339 g/mol. The Balaban J connectivity index is 1.42. The summed E-state index contributed by atoms with van der Waals surface area (Å²) in [4.78, 5) is 12.1. The molecule has 3 rings (SSSR count). The minimum Gasteiger partial charge on any atom is -0.494 e. The number of carbonyl (C=O) groups excluding carboxylic acids is 1. The lowest BCUT2D eigenvalue weighted by molar-refractivity contribution is 0.0472. The molecule has 1 atom stereocenters. The highest BCUT2D eigenvalue weighted by Crippen LogP contribution is 2.17. The fraction of sp³-hybridized carbons (Fsp3) is 0.381. The molecule has 0 spiro atoms. The van der Waals surface area contributed by atoms with Gasteiger partial charge in [-0.3, -0.25) is 0 Å². The summed E-state index contributed by atoms with van der Waals surface area (Å²) in [5.74, 6) is 1.19. The Labute approximate surface area is 149 Å². The van der Waals surface area contributed by atoms with Crippen molar-refractivity contribution in [1.29, 1.82) is 0 Å². The van der Waals surface area contributed by atoms with Gasteiger partial charge in [0.1, 0.15) is 12.4 Å². The zero-order chi connectivity index (χ0) is 17.3. The Morgan fingerprint density at radius 2 is 1.88 bits per heavy atom. The molecule has 1 aliphatic heterocycles. The molecule has 4 heteroatoms. The molecule has 132 valence electrons. The first-order chi connectivity index (χ1) is 12.3. The van der Waals surface area contributed by atoms with E-state index in [9.17, 15) is 4.79 Å². The van der Waals surface area contributed by atoms with Gasteiger partial charge >= 0.3 is 5.97 Å². The first-order valence-electron chi connectivity index (χ1n) is 8.96. The van der Waals surface area contributed by atoms with Gasteiger partial charge in [-0.1, -0.05) is 30.3 Å². The SMILES string of the molecule is O=C(OCc1ccccc1)c1ccc(OCCC2CCCNC2)cc1. The van der Waals surface area contributed by atoms with E-state index in [1.54, 1.807) is 12.1 Å². The van der Waals surface area contributed by atoms with E-state index < -0.39 is 0 Å². The van der Waals surface area contributed by atoms with Crippen molar-refractivity contribution in [3.63, 3.8) is 0 Å². The topological polar surface area (TPSA) is 47.6 Å². The van der Waals surface area contributed by atoms with Gasteiger partial charge in [0.15, 0.2) is 0 Å². The highest BCUT2D eigenvalue weighted by molar-refractivity contribution is 5.89. The van der Waals surface area contributed by atoms with Crippen LogP contribution in [0.25, 0.3) is 0 Å². The number of hydrogen-bond acceptors (Lipinski definition) is 4. The Bertz CT molecular complexity index is 649. The molecule has 0 saturated carbocycles. The van der Waals surface area contributed by atoms with E-state index in [0.29, 0.717) is 18.1 Å². The van der Waals surface area contributed by atoms with E-state index >= 15 is 0 Å². The van der Waals surface area contributed by atoms with Gasteiger partial charge in [-0.25, -0.2) is 4.79 Å². The van der Waals surface area contributed by atoms with Gasteiger partial charge in [0.05, 0.1) is 12.2 Å². The molecule has 1 unspecified atom stereocenters. The van der Waals surface area contributed by atoms with Gasteiger partial charge in [-0.05, 0) is 68.1 Å². The standard InChI is InChI=1S/C21H25NO3/c23-21(25-16-18-5-2-1-3-6-18)19-8-10-20(11-9-19)24-14-12-17-7-4-13-22-15-17/h1-3,5-6,8-11,17,22H,4,7,12-16H2. The van der Waals surface area contributed by atoms with E-state index in [4.69, 9.17) is 9.47 Å². The number of piperidine rings is 1. The second kappa shape index (κ2) is 9.23. The van der Waals surface area contributed by atoms with Crippen LogP contribution in [0.3, 0.4) is 0 Å². The van der Waals surface area contributed by atoms with Crippen molar-refractivity contribution in [3.8, 4) is 5.75 Å². The lowest BCUT2D eigenvalue weighted by atomic mass is 9.97. The van der Waals surface area contributed by atoms with Crippen LogP contribution in [0.1, 0.15) is 35.2 Å². The van der Waals surface area contributed by atoms with Crippen LogP contribution in [0.4, 0.5) is 0 Å². The molecule has 1 heterocycles. The van der Waals surface area contributed by atoms with Crippen LogP contribution in [0.5, 0.6) is 5.75 Å². The van der Waals surface area contributed by atoms with E-state index in [1.807, 2.05) is 42.5 Å². The van der Waals surface area contributed by atoms with Gasteiger partial charge in [-0.15, -0.1) is 0 Å². The summed E-state index contributed by atoms with van der Waals surface area (Å²) in [6, 6.07) is 16.8. The normalized spacial score (nSPS) is 17.0. The molecule has 2 aromatic carbocycles. The Hall–Kier alpha value is -2.33. The Kier molecular flexibility index (Phi) is 6.46. The van der Waals surface area contributed by atoms with Gasteiger partial charge in [0.2, 0.25) is 0 Å². The molecular formula is C21H25NO3. The summed E-state index contributed by atoms with van der Waals surface area (Å²) in [7, 11) is 0. The number of esters is 1. The maximum atomic E-state index is 12.1. The molecule has 1 fully saturated rings. The van der Waals surface area contributed by atoms with Crippen molar-refractivity contribution < 1.29 is 14.3 Å². The zero-order valence-electron chi connectivity index (χ0n) is 14.4.